The van der Waals surface area contributed by atoms with Crippen LogP contribution in [-0.4, -0.2) is 75.5 Å². The van der Waals surface area contributed by atoms with Crippen LogP contribution in [0.3, 0.4) is 0 Å². The smallest absolute Gasteiger partial charge is 0.270 e. The topological polar surface area (TPSA) is 98.7 Å². The Morgan fingerprint density at radius 1 is 1.37 bits per heavy atom. The summed E-state index contributed by atoms with van der Waals surface area (Å²) in [5, 5.41) is 15.3. The molecule has 2 aliphatic rings. The number of nitrogens with zero attached hydrogens (tertiary/aromatic N) is 4. The van der Waals surface area contributed by atoms with Gasteiger partial charge in [0.15, 0.2) is 0 Å². The molecule has 0 unspecified atom stereocenters. The Balaban J connectivity index is 1.22. The van der Waals surface area contributed by atoms with Crippen LogP contribution in [0.5, 0.6) is 0 Å². The van der Waals surface area contributed by atoms with E-state index in [1.54, 1.807) is 29.2 Å². The minimum absolute atomic E-state index is 0.0906. The normalized spacial score (nSPS) is 17.9. The van der Waals surface area contributed by atoms with E-state index in [1.807, 2.05) is 0 Å². The van der Waals surface area contributed by atoms with Crippen molar-refractivity contribution in [2.75, 3.05) is 32.7 Å². The lowest BCUT2D eigenvalue weighted by Crippen LogP contribution is -2.49. The Labute approximate surface area is 179 Å². The molecule has 1 saturated heterocycles. The van der Waals surface area contributed by atoms with E-state index in [-0.39, 0.29) is 18.4 Å². The molecule has 2 amide bonds. The third-order valence-corrected chi connectivity index (χ3v) is 6.73. The van der Waals surface area contributed by atoms with Gasteiger partial charge in [-0.05, 0) is 41.8 Å². The molecule has 160 valence electrons. The molecule has 0 saturated carbocycles. The minimum Gasteiger partial charge on any atom is -0.390 e. The molecular weight excluding hydrogens is 402 g/mol. The average molecular weight is 430 g/mol. The highest BCUT2D eigenvalue weighted by molar-refractivity contribution is 7.10. The number of fused-ring (bicyclic) bond motifs is 1. The first-order chi connectivity index (χ1) is 14.5. The zero-order valence-corrected chi connectivity index (χ0v) is 17.9. The van der Waals surface area contributed by atoms with Crippen LogP contribution in [0.2, 0.25) is 0 Å². The monoisotopic (exact) mass is 429 g/mol. The van der Waals surface area contributed by atoms with Gasteiger partial charge in [0.25, 0.3) is 5.91 Å². The number of hydrogen-bond acceptors (Lipinski definition) is 7. The van der Waals surface area contributed by atoms with Crippen molar-refractivity contribution >= 4 is 23.2 Å². The molecule has 9 heteroatoms. The van der Waals surface area contributed by atoms with Gasteiger partial charge in [-0.1, -0.05) is 0 Å². The predicted octanol–water partition coefficient (Wildman–Crippen LogP) is 0.708. The molecule has 2 aliphatic heterocycles. The number of carbonyl (C=O) groups is 2. The summed E-state index contributed by atoms with van der Waals surface area (Å²) in [7, 11) is 0. The van der Waals surface area contributed by atoms with Gasteiger partial charge in [-0.25, -0.2) is 9.97 Å². The first kappa shape index (κ1) is 20.9. The largest absolute Gasteiger partial charge is 0.390 e. The number of rotatable bonds is 7. The van der Waals surface area contributed by atoms with E-state index < -0.39 is 6.10 Å². The van der Waals surface area contributed by atoms with Crippen LogP contribution in [-0.2, 0) is 24.2 Å². The second-order valence-corrected chi connectivity index (χ2v) is 9.11. The lowest BCUT2D eigenvalue weighted by atomic mass is 9.94. The number of aliphatic hydroxyl groups is 1. The zero-order valence-electron chi connectivity index (χ0n) is 17.1. The van der Waals surface area contributed by atoms with Crippen molar-refractivity contribution in [1.29, 1.82) is 0 Å². The summed E-state index contributed by atoms with van der Waals surface area (Å²) in [4.78, 5) is 37.5. The highest BCUT2D eigenvalue weighted by atomic mass is 32.1. The highest BCUT2D eigenvalue weighted by Gasteiger charge is 2.29. The number of thiophene rings is 1. The number of hydrogen-bond donors (Lipinski definition) is 2. The third kappa shape index (κ3) is 5.03. The molecule has 0 aliphatic carbocycles. The van der Waals surface area contributed by atoms with Gasteiger partial charge in [-0.3, -0.25) is 14.5 Å². The van der Waals surface area contributed by atoms with E-state index in [4.69, 9.17) is 0 Å². The van der Waals surface area contributed by atoms with E-state index >= 15 is 0 Å². The predicted molar refractivity (Wildman–Crippen MR) is 113 cm³/mol. The Morgan fingerprint density at radius 2 is 2.20 bits per heavy atom. The van der Waals surface area contributed by atoms with Crippen LogP contribution in [0, 0.1) is 5.92 Å². The highest BCUT2D eigenvalue weighted by Crippen LogP contribution is 2.24. The summed E-state index contributed by atoms with van der Waals surface area (Å²) in [6, 6.07) is 3.84. The number of aromatic nitrogens is 2. The maximum atomic E-state index is 12.5. The quantitative estimate of drug-likeness (QED) is 0.673. The summed E-state index contributed by atoms with van der Waals surface area (Å²) in [6.07, 6.45) is 2.49. The summed E-state index contributed by atoms with van der Waals surface area (Å²) in [6.45, 7) is 5.52. The molecule has 2 aromatic heterocycles. The zero-order chi connectivity index (χ0) is 21.1. The Hall–Kier alpha value is -2.36. The van der Waals surface area contributed by atoms with E-state index in [1.165, 1.54) is 16.8 Å². The average Bonchev–Trinajstić information content (AvgIpc) is 3.16. The van der Waals surface area contributed by atoms with Crippen LogP contribution in [0.15, 0.2) is 23.8 Å². The number of β-amino-alcohol motifs (C(OH)–C–C–N with tert-alkyl or cyclic N) is 1. The van der Waals surface area contributed by atoms with E-state index in [2.05, 4.69) is 31.6 Å². The van der Waals surface area contributed by atoms with Gasteiger partial charge < -0.3 is 15.3 Å². The molecule has 4 rings (SSSR count). The number of nitrogens with one attached hydrogen (secondary N) is 1. The molecule has 0 spiro atoms. The number of aliphatic hydroxyl groups excluding tert-OH is 1. The Kier molecular flexibility index (Phi) is 6.40. The maximum Gasteiger partial charge on any atom is 0.270 e. The molecular formula is C21H27N5O3S. The van der Waals surface area contributed by atoms with E-state index in [0.717, 1.165) is 44.7 Å². The third-order valence-electron chi connectivity index (χ3n) is 5.71. The van der Waals surface area contributed by atoms with Crippen molar-refractivity contribution in [3.63, 3.8) is 0 Å². The van der Waals surface area contributed by atoms with Crippen LogP contribution in [0.1, 0.15) is 33.5 Å². The van der Waals surface area contributed by atoms with Crippen molar-refractivity contribution in [2.24, 2.45) is 5.92 Å². The van der Waals surface area contributed by atoms with Gasteiger partial charge in [0.1, 0.15) is 12.0 Å². The van der Waals surface area contributed by atoms with Crippen LogP contribution < -0.4 is 5.32 Å². The van der Waals surface area contributed by atoms with E-state index in [0.29, 0.717) is 18.2 Å². The standard InChI is InChI=1S/C21H27N5O3S/c1-14(27)26-9-15(10-26)6-17-7-19(24-13-23-17)21(29)22-8-18(28)12-25-4-2-20-16(11-25)3-5-30-20/h3,5,7,13,15,18,28H,2,4,6,8-12H2,1H3,(H,22,29)/t18-/m0/s1. The Bertz CT molecular complexity index is 912. The molecule has 4 heterocycles. The first-order valence-corrected chi connectivity index (χ1v) is 11.2. The van der Waals surface area contributed by atoms with E-state index in [9.17, 15) is 14.7 Å². The molecule has 0 aromatic carbocycles. The fourth-order valence-corrected chi connectivity index (χ4v) is 4.90. The van der Waals surface area contributed by atoms with Crippen LogP contribution >= 0.6 is 11.3 Å². The molecule has 1 fully saturated rings. The molecule has 30 heavy (non-hydrogen) atoms. The molecule has 2 aromatic rings. The second kappa shape index (κ2) is 9.20. The van der Waals surface area contributed by atoms with Crippen molar-refractivity contribution in [3.05, 3.63) is 45.7 Å². The first-order valence-electron chi connectivity index (χ1n) is 10.3. The minimum atomic E-state index is -0.636. The van der Waals surface area contributed by atoms with Crippen molar-refractivity contribution in [3.8, 4) is 0 Å². The maximum absolute atomic E-state index is 12.5. The van der Waals surface area contributed by atoms with Gasteiger partial charge in [0, 0.05) is 56.8 Å². The SMILES string of the molecule is CC(=O)N1CC(Cc2cc(C(=O)NC[C@H](O)CN3CCc4sccc4C3)ncn2)C1. The molecule has 0 radical (unpaired) electrons. The lowest BCUT2D eigenvalue weighted by molar-refractivity contribution is -0.134. The Morgan fingerprint density at radius 3 is 3.00 bits per heavy atom. The summed E-state index contributed by atoms with van der Waals surface area (Å²) >= 11 is 1.79. The van der Waals surface area contributed by atoms with Crippen molar-refractivity contribution in [1.82, 2.24) is 25.1 Å². The fourth-order valence-electron chi connectivity index (χ4n) is 4.01. The molecule has 0 bridgehead atoms. The summed E-state index contributed by atoms with van der Waals surface area (Å²) < 4.78 is 0. The number of carbonyl (C=O) groups excluding carboxylic acids is 2. The molecule has 1 atom stereocenters. The lowest BCUT2D eigenvalue weighted by Gasteiger charge is -2.38. The van der Waals surface area contributed by atoms with Gasteiger partial charge in [0.05, 0.1) is 6.10 Å². The summed E-state index contributed by atoms with van der Waals surface area (Å²) in [5.41, 5.74) is 2.44. The van der Waals surface area contributed by atoms with Gasteiger partial charge >= 0.3 is 0 Å². The molecule has 8 nitrogen and oxygen atoms in total. The summed E-state index contributed by atoms with van der Waals surface area (Å²) in [5.74, 6) is 0.151. The van der Waals surface area contributed by atoms with Gasteiger partial charge in [0.2, 0.25) is 5.91 Å². The second-order valence-electron chi connectivity index (χ2n) is 8.11. The number of likely N-dealkylation sites (tertiary alicyclic amines) is 1. The number of amides is 2. The van der Waals surface area contributed by atoms with Crippen LogP contribution in [0.25, 0.3) is 0 Å². The van der Waals surface area contributed by atoms with Crippen LogP contribution in [0.4, 0.5) is 0 Å². The fraction of sp³-hybridized carbons (Fsp3) is 0.524. The van der Waals surface area contributed by atoms with Gasteiger partial charge in [-0.2, -0.15) is 0 Å². The van der Waals surface area contributed by atoms with Crippen molar-refractivity contribution < 1.29 is 14.7 Å². The molecule has 2 N–H and O–H groups in total. The van der Waals surface area contributed by atoms with Crippen molar-refractivity contribution in [2.45, 2.75) is 32.4 Å². The van der Waals surface area contributed by atoms with Gasteiger partial charge in [-0.15, -0.1) is 11.3 Å².